The molecule has 220 valence electrons. The number of piperazine rings is 1. The van der Waals surface area contributed by atoms with E-state index < -0.39 is 0 Å². The summed E-state index contributed by atoms with van der Waals surface area (Å²) in [6, 6.07) is 18.6. The average Bonchev–Trinajstić information content (AvgIpc) is 3.32. The summed E-state index contributed by atoms with van der Waals surface area (Å²) in [6.45, 7) is 6.24. The zero-order valence-corrected chi connectivity index (χ0v) is 24.3. The zero-order chi connectivity index (χ0) is 30.0. The molecule has 0 spiro atoms. The van der Waals surface area contributed by atoms with Gasteiger partial charge in [-0.3, -0.25) is 38.3 Å². The minimum absolute atomic E-state index is 0.140. The molecular formula is C30H36N8O4. The number of hydrogen-bond acceptors (Lipinski definition) is 6. The molecule has 1 aliphatic rings. The number of hydrogen-bond donors (Lipinski definition) is 2. The van der Waals surface area contributed by atoms with Gasteiger partial charge in [0.25, 0.3) is 11.1 Å². The normalized spacial score (nSPS) is 14.2. The number of nitrogens with zero attached hydrogens (tertiary/aromatic N) is 6. The summed E-state index contributed by atoms with van der Waals surface area (Å²) in [5.41, 5.74) is 2.74. The van der Waals surface area contributed by atoms with Gasteiger partial charge in [0.05, 0.1) is 35.9 Å². The maximum absolute atomic E-state index is 13.1. The standard InChI is InChI=1S/C30H36N8O4/c1-21-27(29(41)37(33(21)3)23-11-7-5-8-12-23)31-25(39)19-35-15-17-36(18-16-35)20-26(40)32-28-22(2)34(4)38(30(28)42)24-13-9-6-10-14-24/h5-14H,15-20H2,1-4H3,(H,31,39)(H,32,40). The molecule has 2 aromatic heterocycles. The van der Waals surface area contributed by atoms with Crippen molar-refractivity contribution in [3.05, 3.63) is 92.8 Å². The molecule has 2 N–H and O–H groups in total. The van der Waals surface area contributed by atoms with Gasteiger partial charge in [0.2, 0.25) is 11.8 Å². The molecule has 0 unspecified atom stereocenters. The third kappa shape index (κ3) is 5.71. The minimum Gasteiger partial charge on any atom is -0.319 e. The molecule has 2 aromatic carbocycles. The number of carbonyl (C=O) groups is 2. The van der Waals surface area contributed by atoms with E-state index in [1.165, 1.54) is 9.36 Å². The zero-order valence-electron chi connectivity index (χ0n) is 24.3. The topological polar surface area (TPSA) is 119 Å². The van der Waals surface area contributed by atoms with Crippen LogP contribution < -0.4 is 21.8 Å². The maximum atomic E-state index is 13.1. The van der Waals surface area contributed by atoms with Crippen LogP contribution >= 0.6 is 0 Å². The monoisotopic (exact) mass is 572 g/mol. The summed E-state index contributed by atoms with van der Waals surface area (Å²) < 4.78 is 6.52. The summed E-state index contributed by atoms with van der Waals surface area (Å²) in [7, 11) is 3.57. The minimum atomic E-state index is -0.283. The van der Waals surface area contributed by atoms with Crippen LogP contribution in [0.1, 0.15) is 11.4 Å². The van der Waals surface area contributed by atoms with Gasteiger partial charge in [-0.15, -0.1) is 0 Å². The number of anilines is 2. The first-order chi connectivity index (χ1) is 20.2. The van der Waals surface area contributed by atoms with Gasteiger partial charge in [-0.05, 0) is 38.1 Å². The number of amides is 2. The highest BCUT2D eigenvalue weighted by Gasteiger charge is 2.24. The number of benzene rings is 2. The second-order valence-electron chi connectivity index (χ2n) is 10.5. The van der Waals surface area contributed by atoms with E-state index in [1.807, 2.05) is 70.5 Å². The van der Waals surface area contributed by atoms with Crippen molar-refractivity contribution in [3.8, 4) is 11.4 Å². The van der Waals surface area contributed by atoms with Crippen LogP contribution in [0.2, 0.25) is 0 Å². The number of carbonyl (C=O) groups excluding carboxylic acids is 2. The summed E-state index contributed by atoms with van der Waals surface area (Å²) in [5.74, 6) is -0.525. The van der Waals surface area contributed by atoms with Gasteiger partial charge in [-0.2, -0.15) is 0 Å². The van der Waals surface area contributed by atoms with Gasteiger partial charge in [0.1, 0.15) is 11.4 Å². The average molecular weight is 573 g/mol. The Hall–Kier alpha value is -4.68. The van der Waals surface area contributed by atoms with Crippen LogP contribution in [0, 0.1) is 13.8 Å². The molecule has 1 saturated heterocycles. The first kappa shape index (κ1) is 28.8. The van der Waals surface area contributed by atoms with Crippen LogP contribution in [0.5, 0.6) is 0 Å². The lowest BCUT2D eigenvalue weighted by Crippen LogP contribution is -2.50. The highest BCUT2D eigenvalue weighted by Crippen LogP contribution is 2.16. The van der Waals surface area contributed by atoms with Crippen molar-refractivity contribution >= 4 is 23.2 Å². The van der Waals surface area contributed by atoms with Crippen LogP contribution in [0.4, 0.5) is 11.4 Å². The molecule has 2 amide bonds. The van der Waals surface area contributed by atoms with Crippen molar-refractivity contribution in [2.45, 2.75) is 13.8 Å². The largest absolute Gasteiger partial charge is 0.319 e. The lowest BCUT2D eigenvalue weighted by molar-refractivity contribution is -0.120. The molecule has 0 radical (unpaired) electrons. The Labute approximate surface area is 243 Å². The summed E-state index contributed by atoms with van der Waals surface area (Å²) in [4.78, 5) is 55.9. The molecule has 1 aliphatic heterocycles. The van der Waals surface area contributed by atoms with Gasteiger partial charge in [-0.25, -0.2) is 9.36 Å². The van der Waals surface area contributed by atoms with Crippen LogP contribution in [-0.2, 0) is 23.7 Å². The van der Waals surface area contributed by atoms with Crippen molar-refractivity contribution in [1.82, 2.24) is 28.5 Å². The van der Waals surface area contributed by atoms with Crippen molar-refractivity contribution in [3.63, 3.8) is 0 Å². The van der Waals surface area contributed by atoms with E-state index in [0.717, 1.165) is 11.4 Å². The Morgan fingerprint density at radius 2 is 0.952 bits per heavy atom. The molecule has 12 nitrogen and oxygen atoms in total. The Morgan fingerprint density at radius 1 is 0.619 bits per heavy atom. The van der Waals surface area contributed by atoms with Gasteiger partial charge in [0.15, 0.2) is 0 Å². The number of para-hydroxylation sites is 2. The van der Waals surface area contributed by atoms with Crippen molar-refractivity contribution < 1.29 is 9.59 Å². The fourth-order valence-electron chi connectivity index (χ4n) is 5.29. The summed E-state index contributed by atoms with van der Waals surface area (Å²) >= 11 is 0. The van der Waals surface area contributed by atoms with Gasteiger partial charge in [-0.1, -0.05) is 36.4 Å². The Balaban J connectivity index is 1.14. The van der Waals surface area contributed by atoms with Crippen molar-refractivity contribution in [2.24, 2.45) is 14.1 Å². The van der Waals surface area contributed by atoms with Crippen molar-refractivity contribution in [2.75, 3.05) is 49.9 Å². The first-order valence-corrected chi connectivity index (χ1v) is 13.9. The fraction of sp³-hybridized carbons (Fsp3) is 0.333. The van der Waals surface area contributed by atoms with E-state index in [4.69, 9.17) is 0 Å². The quantitative estimate of drug-likeness (QED) is 0.330. The molecule has 4 aromatic rings. The number of rotatable bonds is 8. The van der Waals surface area contributed by atoms with Gasteiger partial charge < -0.3 is 10.6 Å². The predicted octanol–water partition coefficient (Wildman–Crippen LogP) is 1.48. The Bertz CT molecular complexity index is 1580. The molecule has 1 fully saturated rings. The van der Waals surface area contributed by atoms with E-state index in [0.29, 0.717) is 37.6 Å². The number of aromatic nitrogens is 4. The third-order valence-corrected chi connectivity index (χ3v) is 7.84. The smallest absolute Gasteiger partial charge is 0.295 e. The molecule has 12 heteroatoms. The molecule has 0 aliphatic carbocycles. The Kier molecular flexibility index (Phi) is 8.27. The Morgan fingerprint density at radius 3 is 1.29 bits per heavy atom. The number of nitrogens with one attached hydrogen (secondary N) is 2. The van der Waals surface area contributed by atoms with E-state index in [1.54, 1.807) is 37.3 Å². The second kappa shape index (κ2) is 12.0. The highest BCUT2D eigenvalue weighted by molar-refractivity contribution is 5.93. The SMILES string of the molecule is Cc1c(NC(=O)CN2CCN(CC(=O)Nc3c(C)n(C)n(-c4ccccc4)c3=O)CC2)c(=O)n(-c2ccccc2)n1C. The second-order valence-corrected chi connectivity index (χ2v) is 10.5. The van der Waals surface area contributed by atoms with E-state index in [-0.39, 0.29) is 47.4 Å². The maximum Gasteiger partial charge on any atom is 0.295 e. The third-order valence-electron chi connectivity index (χ3n) is 7.84. The summed E-state index contributed by atoms with van der Waals surface area (Å²) in [5, 5.41) is 5.62. The lowest BCUT2D eigenvalue weighted by atomic mass is 10.3. The molecule has 0 atom stereocenters. The molecule has 0 bridgehead atoms. The van der Waals surface area contributed by atoms with Gasteiger partial charge in [0, 0.05) is 40.3 Å². The van der Waals surface area contributed by atoms with Crippen LogP contribution in [0.3, 0.4) is 0 Å². The molecule has 0 saturated carbocycles. The van der Waals surface area contributed by atoms with E-state index in [2.05, 4.69) is 10.6 Å². The first-order valence-electron chi connectivity index (χ1n) is 13.9. The fourth-order valence-corrected chi connectivity index (χ4v) is 5.29. The molecule has 42 heavy (non-hydrogen) atoms. The van der Waals surface area contributed by atoms with Crippen LogP contribution in [0.25, 0.3) is 11.4 Å². The van der Waals surface area contributed by atoms with Gasteiger partial charge >= 0.3 is 0 Å². The van der Waals surface area contributed by atoms with Crippen molar-refractivity contribution in [1.29, 1.82) is 0 Å². The van der Waals surface area contributed by atoms with E-state index in [9.17, 15) is 19.2 Å². The van der Waals surface area contributed by atoms with Crippen LogP contribution in [-0.4, -0.2) is 79.6 Å². The van der Waals surface area contributed by atoms with E-state index >= 15 is 0 Å². The molecular weight excluding hydrogens is 536 g/mol. The highest BCUT2D eigenvalue weighted by atomic mass is 16.2. The molecule has 3 heterocycles. The predicted molar refractivity (Wildman–Crippen MR) is 162 cm³/mol. The summed E-state index contributed by atoms with van der Waals surface area (Å²) in [6.07, 6.45) is 0. The van der Waals surface area contributed by atoms with Crippen LogP contribution in [0.15, 0.2) is 70.3 Å². The molecule has 5 rings (SSSR count). The lowest BCUT2D eigenvalue weighted by Gasteiger charge is -2.33.